The third-order valence-corrected chi connectivity index (χ3v) is 3.71. The summed E-state index contributed by atoms with van der Waals surface area (Å²) in [4.78, 5) is 16.4. The summed E-state index contributed by atoms with van der Waals surface area (Å²) in [6.07, 6.45) is 2.63. The molecule has 0 radical (unpaired) electrons. The summed E-state index contributed by atoms with van der Waals surface area (Å²) in [7, 11) is 0. The van der Waals surface area contributed by atoms with Crippen molar-refractivity contribution in [2.75, 3.05) is 10.6 Å². The van der Waals surface area contributed by atoms with E-state index in [1.807, 2.05) is 54.6 Å². The highest BCUT2D eigenvalue weighted by Gasteiger charge is 2.08. The van der Waals surface area contributed by atoms with Gasteiger partial charge >= 0.3 is 0 Å². The van der Waals surface area contributed by atoms with Crippen LogP contribution in [0.3, 0.4) is 0 Å². The summed E-state index contributed by atoms with van der Waals surface area (Å²) < 4.78 is 0. The molecule has 1 aromatic heterocycles. The minimum atomic E-state index is -0.221. The molecule has 24 heavy (non-hydrogen) atoms. The summed E-state index contributed by atoms with van der Waals surface area (Å²) in [5.74, 6) is -0.221. The Morgan fingerprint density at radius 2 is 1.67 bits per heavy atom. The maximum Gasteiger partial charge on any atom is 0.274 e. The minimum absolute atomic E-state index is 0.221. The Balaban J connectivity index is 1.70. The van der Waals surface area contributed by atoms with E-state index in [2.05, 4.69) is 28.6 Å². The normalized spacial score (nSPS) is 10.2. The van der Waals surface area contributed by atoms with Crippen LogP contribution in [0.4, 0.5) is 17.1 Å². The SMILES string of the molecule is CCc1ccccc1Nc1ccc(C(=O)Nc2ccccc2)nc1. The molecule has 1 amide bonds. The van der Waals surface area contributed by atoms with E-state index in [1.54, 1.807) is 12.3 Å². The van der Waals surface area contributed by atoms with Gasteiger partial charge in [-0.25, -0.2) is 4.98 Å². The zero-order chi connectivity index (χ0) is 16.8. The van der Waals surface area contributed by atoms with E-state index in [1.165, 1.54) is 5.56 Å². The number of nitrogens with zero attached hydrogens (tertiary/aromatic N) is 1. The molecule has 1 heterocycles. The minimum Gasteiger partial charge on any atom is -0.354 e. The van der Waals surface area contributed by atoms with Gasteiger partial charge in [0.2, 0.25) is 0 Å². The highest BCUT2D eigenvalue weighted by molar-refractivity contribution is 6.02. The lowest BCUT2D eigenvalue weighted by atomic mass is 10.1. The molecule has 3 aromatic rings. The molecule has 0 unspecified atom stereocenters. The number of aromatic nitrogens is 1. The summed E-state index contributed by atoms with van der Waals surface area (Å²) in [5.41, 5.74) is 4.29. The number of anilines is 3. The average Bonchev–Trinajstić information content (AvgIpc) is 2.63. The van der Waals surface area contributed by atoms with Crippen molar-refractivity contribution in [2.45, 2.75) is 13.3 Å². The van der Waals surface area contributed by atoms with Gasteiger partial charge in [-0.15, -0.1) is 0 Å². The van der Waals surface area contributed by atoms with Gasteiger partial charge in [-0.1, -0.05) is 43.3 Å². The Bertz CT molecular complexity index is 814. The van der Waals surface area contributed by atoms with E-state index in [9.17, 15) is 4.79 Å². The van der Waals surface area contributed by atoms with Gasteiger partial charge in [0.25, 0.3) is 5.91 Å². The van der Waals surface area contributed by atoms with Gasteiger partial charge in [0, 0.05) is 11.4 Å². The zero-order valence-corrected chi connectivity index (χ0v) is 13.5. The first-order valence-corrected chi connectivity index (χ1v) is 7.93. The number of aryl methyl sites for hydroxylation is 1. The third kappa shape index (κ3) is 3.79. The smallest absolute Gasteiger partial charge is 0.274 e. The van der Waals surface area contributed by atoms with E-state index in [0.29, 0.717) is 5.69 Å². The molecule has 0 aliphatic rings. The molecule has 0 spiro atoms. The second-order valence-corrected chi connectivity index (χ2v) is 5.39. The number of carbonyl (C=O) groups excluding carboxylic acids is 1. The molecule has 0 aliphatic heterocycles. The lowest BCUT2D eigenvalue weighted by Gasteiger charge is -2.11. The van der Waals surface area contributed by atoms with Gasteiger partial charge in [0.05, 0.1) is 11.9 Å². The fourth-order valence-electron chi connectivity index (χ4n) is 2.42. The Labute approximate surface area is 141 Å². The number of para-hydroxylation sites is 2. The third-order valence-electron chi connectivity index (χ3n) is 3.71. The summed E-state index contributed by atoms with van der Waals surface area (Å²) in [5, 5.41) is 6.17. The molecule has 2 aromatic carbocycles. The van der Waals surface area contributed by atoms with E-state index < -0.39 is 0 Å². The molecule has 0 saturated carbocycles. The van der Waals surface area contributed by atoms with Crippen LogP contribution in [0.1, 0.15) is 23.0 Å². The molecule has 4 heteroatoms. The van der Waals surface area contributed by atoms with Crippen LogP contribution >= 0.6 is 0 Å². The van der Waals surface area contributed by atoms with Crippen LogP contribution in [0.25, 0.3) is 0 Å². The highest BCUT2D eigenvalue weighted by atomic mass is 16.1. The Morgan fingerprint density at radius 1 is 0.917 bits per heavy atom. The zero-order valence-electron chi connectivity index (χ0n) is 13.5. The van der Waals surface area contributed by atoms with Crippen molar-refractivity contribution in [2.24, 2.45) is 0 Å². The first kappa shape index (κ1) is 15.7. The second-order valence-electron chi connectivity index (χ2n) is 5.39. The van der Waals surface area contributed by atoms with Gasteiger partial charge in [-0.3, -0.25) is 4.79 Å². The standard InChI is InChI=1S/C20H19N3O/c1-2-15-8-6-7-11-18(15)22-17-12-13-19(21-14-17)20(24)23-16-9-4-3-5-10-16/h3-14,22H,2H2,1H3,(H,23,24). The van der Waals surface area contributed by atoms with Crippen molar-refractivity contribution in [3.63, 3.8) is 0 Å². The van der Waals surface area contributed by atoms with Gasteiger partial charge in [-0.05, 0) is 42.3 Å². The molecule has 4 nitrogen and oxygen atoms in total. The molecular formula is C20H19N3O. The monoisotopic (exact) mass is 317 g/mol. The average molecular weight is 317 g/mol. The number of benzene rings is 2. The maximum atomic E-state index is 12.2. The number of rotatable bonds is 5. The fraction of sp³-hybridized carbons (Fsp3) is 0.100. The van der Waals surface area contributed by atoms with Crippen LogP contribution in [-0.4, -0.2) is 10.9 Å². The first-order valence-electron chi connectivity index (χ1n) is 7.93. The molecule has 0 fully saturated rings. The fourth-order valence-corrected chi connectivity index (χ4v) is 2.42. The van der Waals surface area contributed by atoms with Crippen LogP contribution in [0, 0.1) is 0 Å². The van der Waals surface area contributed by atoms with Crippen molar-refractivity contribution < 1.29 is 4.79 Å². The molecule has 2 N–H and O–H groups in total. The number of nitrogens with one attached hydrogen (secondary N) is 2. The number of carbonyl (C=O) groups is 1. The molecule has 0 atom stereocenters. The van der Waals surface area contributed by atoms with Gasteiger partial charge in [-0.2, -0.15) is 0 Å². The predicted octanol–water partition coefficient (Wildman–Crippen LogP) is 4.64. The second kappa shape index (κ2) is 7.42. The quantitative estimate of drug-likeness (QED) is 0.721. The maximum absolute atomic E-state index is 12.2. The van der Waals surface area contributed by atoms with Crippen LogP contribution in [0.5, 0.6) is 0 Å². The lowest BCUT2D eigenvalue weighted by Crippen LogP contribution is -2.13. The predicted molar refractivity (Wildman–Crippen MR) is 97.7 cm³/mol. The van der Waals surface area contributed by atoms with Crippen molar-refractivity contribution in [1.82, 2.24) is 4.98 Å². The van der Waals surface area contributed by atoms with Crippen LogP contribution in [0.2, 0.25) is 0 Å². The van der Waals surface area contributed by atoms with E-state index in [-0.39, 0.29) is 5.91 Å². The molecule has 0 bridgehead atoms. The molecule has 0 aliphatic carbocycles. The first-order chi connectivity index (χ1) is 11.8. The van der Waals surface area contributed by atoms with Crippen LogP contribution in [-0.2, 0) is 6.42 Å². The van der Waals surface area contributed by atoms with Gasteiger partial charge in [0.15, 0.2) is 0 Å². The number of hydrogen-bond donors (Lipinski definition) is 2. The van der Waals surface area contributed by atoms with Crippen LogP contribution in [0.15, 0.2) is 72.9 Å². The number of amides is 1. The van der Waals surface area contributed by atoms with E-state index in [0.717, 1.165) is 23.5 Å². The van der Waals surface area contributed by atoms with Crippen molar-refractivity contribution in [1.29, 1.82) is 0 Å². The number of hydrogen-bond acceptors (Lipinski definition) is 3. The Morgan fingerprint density at radius 3 is 2.38 bits per heavy atom. The summed E-state index contributed by atoms with van der Waals surface area (Å²) in [6, 6.07) is 21.1. The van der Waals surface area contributed by atoms with Crippen molar-refractivity contribution in [3.8, 4) is 0 Å². The molecular weight excluding hydrogens is 298 g/mol. The largest absolute Gasteiger partial charge is 0.354 e. The van der Waals surface area contributed by atoms with E-state index >= 15 is 0 Å². The lowest BCUT2D eigenvalue weighted by molar-refractivity contribution is 0.102. The summed E-state index contributed by atoms with van der Waals surface area (Å²) in [6.45, 7) is 2.12. The highest BCUT2D eigenvalue weighted by Crippen LogP contribution is 2.21. The topological polar surface area (TPSA) is 54.0 Å². The Kier molecular flexibility index (Phi) is 4.87. The summed E-state index contributed by atoms with van der Waals surface area (Å²) >= 11 is 0. The Hall–Kier alpha value is -3.14. The molecule has 3 rings (SSSR count). The number of pyridine rings is 1. The van der Waals surface area contributed by atoms with E-state index in [4.69, 9.17) is 0 Å². The molecule has 0 saturated heterocycles. The van der Waals surface area contributed by atoms with Crippen molar-refractivity contribution >= 4 is 23.0 Å². The van der Waals surface area contributed by atoms with Gasteiger partial charge in [0.1, 0.15) is 5.69 Å². The van der Waals surface area contributed by atoms with Gasteiger partial charge < -0.3 is 10.6 Å². The van der Waals surface area contributed by atoms with Crippen LogP contribution < -0.4 is 10.6 Å². The van der Waals surface area contributed by atoms with Crippen molar-refractivity contribution in [3.05, 3.63) is 84.2 Å². The molecule has 120 valence electrons.